The van der Waals surface area contributed by atoms with Gasteiger partial charge in [0.1, 0.15) is 17.7 Å². The van der Waals surface area contributed by atoms with E-state index in [0.29, 0.717) is 17.6 Å². The molecule has 0 atom stereocenters. The normalized spacial score (nSPS) is 11.5. The topological polar surface area (TPSA) is 66.2 Å². The van der Waals surface area contributed by atoms with Gasteiger partial charge in [0.15, 0.2) is 0 Å². The van der Waals surface area contributed by atoms with Gasteiger partial charge in [-0.3, -0.25) is 4.98 Å². The van der Waals surface area contributed by atoms with E-state index in [9.17, 15) is 4.79 Å². The second-order valence-electron chi connectivity index (χ2n) is 6.35. The molecule has 124 valence electrons. The average Bonchev–Trinajstić information content (AvgIpc) is 2.91. The van der Waals surface area contributed by atoms with E-state index < -0.39 is 11.7 Å². The molecule has 0 N–H and O–H groups in total. The van der Waals surface area contributed by atoms with Gasteiger partial charge in [0, 0.05) is 6.20 Å². The Morgan fingerprint density at radius 3 is 2.62 bits per heavy atom. The summed E-state index contributed by atoms with van der Waals surface area (Å²) in [7, 11) is 0. The van der Waals surface area contributed by atoms with Crippen LogP contribution in [0.25, 0.3) is 11.0 Å². The van der Waals surface area contributed by atoms with Crippen LogP contribution >= 0.6 is 0 Å². The Labute approximate surface area is 140 Å². The number of carbonyl (C=O) groups excluding carboxylic acids is 1. The zero-order valence-corrected chi connectivity index (χ0v) is 13.9. The van der Waals surface area contributed by atoms with Crippen LogP contribution in [-0.2, 0) is 11.3 Å². The molecule has 0 unspecified atom stereocenters. The highest BCUT2D eigenvalue weighted by Gasteiger charge is 2.24. The van der Waals surface area contributed by atoms with Gasteiger partial charge in [-0.1, -0.05) is 30.3 Å². The van der Waals surface area contributed by atoms with Crippen LogP contribution in [0.1, 0.15) is 26.3 Å². The summed E-state index contributed by atoms with van der Waals surface area (Å²) in [6.45, 7) is 5.74. The van der Waals surface area contributed by atoms with Crippen molar-refractivity contribution in [3.05, 3.63) is 54.4 Å². The molecule has 2 aromatic heterocycles. The molecule has 6 heteroatoms. The van der Waals surface area contributed by atoms with Gasteiger partial charge in [-0.15, -0.1) is 0 Å². The van der Waals surface area contributed by atoms with E-state index in [0.717, 1.165) is 5.56 Å². The number of imidazole rings is 1. The lowest BCUT2D eigenvalue weighted by atomic mass is 10.2. The fraction of sp³-hybridized carbons (Fsp3) is 0.278. The van der Waals surface area contributed by atoms with Crippen molar-refractivity contribution in [2.45, 2.75) is 33.0 Å². The molecule has 0 spiro atoms. The molecule has 0 fully saturated rings. The standard InChI is InChI=1S/C18H19N3O3/c1-18(2,3)24-17(22)21-15-11-19-10-9-14(15)20-16(21)23-12-13-7-5-4-6-8-13/h4-11H,12H2,1-3H3. The van der Waals surface area contributed by atoms with Gasteiger partial charge in [0.2, 0.25) is 0 Å². The molecule has 3 rings (SSSR count). The van der Waals surface area contributed by atoms with Gasteiger partial charge in [0.25, 0.3) is 0 Å². The maximum Gasteiger partial charge on any atom is 0.423 e. The van der Waals surface area contributed by atoms with E-state index in [1.807, 2.05) is 51.1 Å². The van der Waals surface area contributed by atoms with Crippen molar-refractivity contribution in [2.24, 2.45) is 0 Å². The van der Waals surface area contributed by atoms with Crippen molar-refractivity contribution in [1.82, 2.24) is 14.5 Å². The van der Waals surface area contributed by atoms with Crippen molar-refractivity contribution < 1.29 is 14.3 Å². The van der Waals surface area contributed by atoms with Gasteiger partial charge in [-0.2, -0.15) is 9.55 Å². The maximum atomic E-state index is 12.6. The van der Waals surface area contributed by atoms with Gasteiger partial charge in [-0.25, -0.2) is 4.79 Å². The third kappa shape index (κ3) is 3.53. The van der Waals surface area contributed by atoms with E-state index in [1.54, 1.807) is 18.5 Å². The van der Waals surface area contributed by atoms with Crippen LogP contribution in [0.4, 0.5) is 4.79 Å². The van der Waals surface area contributed by atoms with Crippen molar-refractivity contribution >= 4 is 17.1 Å². The number of benzene rings is 1. The smallest absolute Gasteiger partial charge is 0.423 e. The first-order valence-corrected chi connectivity index (χ1v) is 7.66. The molecular weight excluding hydrogens is 306 g/mol. The molecule has 0 aliphatic rings. The van der Waals surface area contributed by atoms with Crippen LogP contribution in [0.2, 0.25) is 0 Å². The van der Waals surface area contributed by atoms with Gasteiger partial charge < -0.3 is 9.47 Å². The number of rotatable bonds is 3. The number of aromatic nitrogens is 3. The second-order valence-corrected chi connectivity index (χ2v) is 6.35. The third-order valence-electron chi connectivity index (χ3n) is 3.21. The Balaban J connectivity index is 1.94. The first kappa shape index (κ1) is 16.0. The molecule has 0 aliphatic heterocycles. The van der Waals surface area contributed by atoms with Gasteiger partial charge in [-0.05, 0) is 32.4 Å². The number of nitrogens with zero attached hydrogens (tertiary/aromatic N) is 3. The number of fused-ring (bicyclic) bond motifs is 1. The molecule has 1 aromatic carbocycles. The molecule has 24 heavy (non-hydrogen) atoms. The fourth-order valence-electron chi connectivity index (χ4n) is 2.20. The molecule has 2 heterocycles. The summed E-state index contributed by atoms with van der Waals surface area (Å²) < 4.78 is 12.5. The number of hydrogen-bond donors (Lipinski definition) is 0. The van der Waals surface area contributed by atoms with Crippen molar-refractivity contribution in [3.8, 4) is 6.01 Å². The monoisotopic (exact) mass is 325 g/mol. The number of pyridine rings is 1. The Bertz CT molecular complexity index is 851. The van der Waals surface area contributed by atoms with Crippen LogP contribution in [0.15, 0.2) is 48.8 Å². The molecule has 0 aliphatic carbocycles. The minimum absolute atomic E-state index is 0.191. The van der Waals surface area contributed by atoms with E-state index in [2.05, 4.69) is 9.97 Å². The second kappa shape index (κ2) is 6.31. The fourth-order valence-corrected chi connectivity index (χ4v) is 2.20. The first-order valence-electron chi connectivity index (χ1n) is 7.66. The summed E-state index contributed by atoms with van der Waals surface area (Å²) in [5, 5.41) is 0. The zero-order valence-electron chi connectivity index (χ0n) is 13.9. The number of ether oxygens (including phenoxy) is 2. The molecule has 3 aromatic rings. The minimum atomic E-state index is -0.618. The quantitative estimate of drug-likeness (QED) is 0.733. The van der Waals surface area contributed by atoms with E-state index >= 15 is 0 Å². The lowest BCUT2D eigenvalue weighted by Crippen LogP contribution is -2.27. The number of hydrogen-bond acceptors (Lipinski definition) is 5. The Morgan fingerprint density at radius 1 is 1.17 bits per heavy atom. The SMILES string of the molecule is CC(C)(C)OC(=O)n1c(OCc2ccccc2)nc2ccncc21. The molecule has 0 bridgehead atoms. The van der Waals surface area contributed by atoms with Crippen LogP contribution in [-0.4, -0.2) is 26.2 Å². The molecule has 0 saturated heterocycles. The van der Waals surface area contributed by atoms with Crippen molar-refractivity contribution in [2.75, 3.05) is 0 Å². The minimum Gasteiger partial charge on any atom is -0.459 e. The summed E-state index contributed by atoms with van der Waals surface area (Å²) in [6.07, 6.45) is 2.65. The summed E-state index contributed by atoms with van der Waals surface area (Å²) in [4.78, 5) is 21.0. The van der Waals surface area contributed by atoms with Crippen LogP contribution in [0.3, 0.4) is 0 Å². The lowest BCUT2D eigenvalue weighted by Gasteiger charge is -2.20. The summed E-state index contributed by atoms with van der Waals surface area (Å²) in [5.41, 5.74) is 1.54. The van der Waals surface area contributed by atoms with Crippen molar-refractivity contribution in [3.63, 3.8) is 0 Å². The Morgan fingerprint density at radius 2 is 1.92 bits per heavy atom. The predicted molar refractivity (Wildman–Crippen MR) is 89.9 cm³/mol. The molecular formula is C18H19N3O3. The van der Waals surface area contributed by atoms with Crippen LogP contribution in [0.5, 0.6) is 6.01 Å². The maximum absolute atomic E-state index is 12.6. The first-order chi connectivity index (χ1) is 11.4. The van der Waals surface area contributed by atoms with Crippen LogP contribution < -0.4 is 4.74 Å². The molecule has 0 saturated carbocycles. The Kier molecular flexibility index (Phi) is 4.20. The van der Waals surface area contributed by atoms with E-state index in [-0.39, 0.29) is 6.01 Å². The average molecular weight is 325 g/mol. The lowest BCUT2D eigenvalue weighted by molar-refractivity contribution is 0.0525. The van der Waals surface area contributed by atoms with E-state index in [1.165, 1.54) is 4.57 Å². The largest absolute Gasteiger partial charge is 0.459 e. The highest BCUT2D eigenvalue weighted by atomic mass is 16.6. The van der Waals surface area contributed by atoms with Gasteiger partial charge in [0.05, 0.1) is 11.7 Å². The van der Waals surface area contributed by atoms with Crippen molar-refractivity contribution in [1.29, 1.82) is 0 Å². The summed E-state index contributed by atoms with van der Waals surface area (Å²) in [6, 6.07) is 11.6. The Hall–Kier alpha value is -2.89. The highest BCUT2D eigenvalue weighted by Crippen LogP contribution is 2.23. The molecule has 0 radical (unpaired) electrons. The predicted octanol–water partition coefficient (Wildman–Crippen LogP) is 3.79. The zero-order chi connectivity index (χ0) is 17.2. The van der Waals surface area contributed by atoms with Crippen LogP contribution in [0, 0.1) is 0 Å². The highest BCUT2D eigenvalue weighted by molar-refractivity contribution is 5.88. The molecule has 0 amide bonds. The summed E-state index contributed by atoms with van der Waals surface area (Å²) in [5.74, 6) is 0. The third-order valence-corrected chi connectivity index (χ3v) is 3.21. The number of carbonyl (C=O) groups is 1. The summed E-state index contributed by atoms with van der Waals surface area (Å²) >= 11 is 0. The van der Waals surface area contributed by atoms with E-state index in [4.69, 9.17) is 9.47 Å². The van der Waals surface area contributed by atoms with Gasteiger partial charge >= 0.3 is 12.1 Å². The molecule has 6 nitrogen and oxygen atoms in total.